The minimum Gasteiger partial charge on any atom is -0.339 e. The monoisotopic (exact) mass is 250 g/mol. The second-order valence-electron chi connectivity index (χ2n) is 6.33. The van der Waals surface area contributed by atoms with Gasteiger partial charge < -0.3 is 10.2 Å². The molecule has 0 aromatic rings. The van der Waals surface area contributed by atoms with Crippen molar-refractivity contribution >= 4 is 5.91 Å². The molecule has 1 unspecified atom stereocenters. The normalized spacial score (nSPS) is 34.1. The molecule has 0 radical (unpaired) electrons. The average Bonchev–Trinajstić information content (AvgIpc) is 3.09. The lowest BCUT2D eigenvalue weighted by molar-refractivity contribution is -0.137. The molecule has 3 heteroatoms. The van der Waals surface area contributed by atoms with Crippen LogP contribution in [-0.4, -0.2) is 36.5 Å². The maximum Gasteiger partial charge on any atom is 0.227 e. The fraction of sp³-hybridized carbons (Fsp3) is 0.933. The maximum absolute atomic E-state index is 12.7. The van der Waals surface area contributed by atoms with Crippen LogP contribution in [-0.2, 0) is 4.79 Å². The molecule has 2 atom stereocenters. The Hall–Kier alpha value is -0.570. The van der Waals surface area contributed by atoms with Gasteiger partial charge in [-0.05, 0) is 51.0 Å². The van der Waals surface area contributed by atoms with Crippen LogP contribution in [0, 0.1) is 11.8 Å². The van der Waals surface area contributed by atoms with Gasteiger partial charge in [-0.1, -0.05) is 12.8 Å². The molecule has 0 aromatic carbocycles. The van der Waals surface area contributed by atoms with Crippen LogP contribution in [0.25, 0.3) is 0 Å². The zero-order valence-corrected chi connectivity index (χ0v) is 11.4. The lowest BCUT2D eigenvalue weighted by Crippen LogP contribution is -2.46. The largest absolute Gasteiger partial charge is 0.339 e. The van der Waals surface area contributed by atoms with Crippen molar-refractivity contribution in [2.24, 2.45) is 11.8 Å². The summed E-state index contributed by atoms with van der Waals surface area (Å²) in [4.78, 5) is 14.9. The van der Waals surface area contributed by atoms with Crippen LogP contribution in [0.4, 0.5) is 0 Å². The number of nitrogens with one attached hydrogen (secondary N) is 1. The van der Waals surface area contributed by atoms with E-state index in [9.17, 15) is 4.79 Å². The number of hydrogen-bond donors (Lipinski definition) is 1. The average molecular weight is 250 g/mol. The maximum atomic E-state index is 12.7. The number of amides is 1. The Bertz CT molecular complexity index is 293. The molecular weight excluding hydrogens is 224 g/mol. The van der Waals surface area contributed by atoms with Gasteiger partial charge in [0.15, 0.2) is 0 Å². The highest BCUT2D eigenvalue weighted by Gasteiger charge is 2.38. The minimum absolute atomic E-state index is 0.265. The van der Waals surface area contributed by atoms with Crippen molar-refractivity contribution in [3.63, 3.8) is 0 Å². The van der Waals surface area contributed by atoms with Crippen molar-refractivity contribution in [3.05, 3.63) is 0 Å². The van der Waals surface area contributed by atoms with E-state index in [1.54, 1.807) is 0 Å². The zero-order chi connectivity index (χ0) is 12.4. The van der Waals surface area contributed by atoms with Gasteiger partial charge in [0.2, 0.25) is 5.91 Å². The predicted molar refractivity (Wildman–Crippen MR) is 72.3 cm³/mol. The lowest BCUT2D eigenvalue weighted by Gasteiger charge is -2.33. The summed E-state index contributed by atoms with van der Waals surface area (Å²) in [5.74, 6) is 1.53. The molecule has 1 amide bonds. The van der Waals surface area contributed by atoms with E-state index in [1.807, 2.05) is 0 Å². The third-order valence-electron chi connectivity index (χ3n) is 5.17. The molecule has 3 rings (SSSR count). The molecule has 1 saturated carbocycles. The zero-order valence-electron chi connectivity index (χ0n) is 11.4. The fourth-order valence-electron chi connectivity index (χ4n) is 4.20. The smallest absolute Gasteiger partial charge is 0.227 e. The number of rotatable bonds is 2. The Morgan fingerprint density at radius 2 is 1.83 bits per heavy atom. The van der Waals surface area contributed by atoms with Gasteiger partial charge in [-0.2, -0.15) is 0 Å². The van der Waals surface area contributed by atoms with E-state index in [0.717, 1.165) is 32.0 Å². The van der Waals surface area contributed by atoms with Crippen molar-refractivity contribution in [2.45, 2.75) is 57.4 Å². The van der Waals surface area contributed by atoms with Crippen LogP contribution < -0.4 is 5.32 Å². The number of likely N-dealkylation sites (tertiary alicyclic amines) is 1. The molecular formula is C15H26N2O. The molecule has 1 N–H and O–H groups in total. The summed E-state index contributed by atoms with van der Waals surface area (Å²) >= 11 is 0. The van der Waals surface area contributed by atoms with Crippen LogP contribution in [0.3, 0.4) is 0 Å². The van der Waals surface area contributed by atoms with E-state index in [1.165, 1.54) is 44.9 Å². The quantitative estimate of drug-likeness (QED) is 0.814. The van der Waals surface area contributed by atoms with Gasteiger partial charge in [-0.15, -0.1) is 0 Å². The predicted octanol–water partition coefficient (Wildman–Crippen LogP) is 2.17. The summed E-state index contributed by atoms with van der Waals surface area (Å²) in [5, 5.41) is 3.38. The molecule has 3 nitrogen and oxygen atoms in total. The summed E-state index contributed by atoms with van der Waals surface area (Å²) in [7, 11) is 0. The van der Waals surface area contributed by atoms with Crippen molar-refractivity contribution in [1.82, 2.24) is 10.2 Å². The lowest BCUT2D eigenvalue weighted by atomic mass is 9.93. The van der Waals surface area contributed by atoms with Crippen LogP contribution in [0.2, 0.25) is 0 Å². The Morgan fingerprint density at radius 3 is 2.56 bits per heavy atom. The van der Waals surface area contributed by atoms with Crippen LogP contribution in [0.5, 0.6) is 0 Å². The molecule has 2 aliphatic heterocycles. The molecule has 2 saturated heterocycles. The molecule has 3 aliphatic rings. The van der Waals surface area contributed by atoms with E-state index in [0.29, 0.717) is 11.9 Å². The number of hydrogen-bond acceptors (Lipinski definition) is 2. The minimum atomic E-state index is 0.265. The van der Waals surface area contributed by atoms with E-state index >= 15 is 0 Å². The number of carbonyl (C=O) groups excluding carboxylic acids is 1. The highest BCUT2D eigenvalue weighted by molar-refractivity contribution is 5.79. The van der Waals surface area contributed by atoms with Gasteiger partial charge in [-0.3, -0.25) is 4.79 Å². The first-order valence-electron chi connectivity index (χ1n) is 7.87. The van der Waals surface area contributed by atoms with E-state index < -0.39 is 0 Å². The van der Waals surface area contributed by atoms with Crippen molar-refractivity contribution in [3.8, 4) is 0 Å². The molecule has 102 valence electrons. The second-order valence-corrected chi connectivity index (χ2v) is 6.33. The SMILES string of the molecule is O=C([C@@H]1CCCNC1)N1CCCC1C1CCCC1. The van der Waals surface area contributed by atoms with Gasteiger partial charge in [-0.25, -0.2) is 0 Å². The molecule has 3 fully saturated rings. The van der Waals surface area contributed by atoms with Crippen LogP contribution in [0.1, 0.15) is 51.4 Å². The first-order chi connectivity index (χ1) is 8.86. The summed E-state index contributed by atoms with van der Waals surface area (Å²) in [5.41, 5.74) is 0. The summed E-state index contributed by atoms with van der Waals surface area (Å²) in [6.07, 6.45) is 10.2. The molecule has 1 aliphatic carbocycles. The van der Waals surface area contributed by atoms with E-state index in [-0.39, 0.29) is 5.92 Å². The Labute approximate surface area is 110 Å². The Kier molecular flexibility index (Phi) is 3.88. The van der Waals surface area contributed by atoms with Gasteiger partial charge in [0.05, 0.1) is 5.92 Å². The molecule has 0 bridgehead atoms. The third-order valence-corrected chi connectivity index (χ3v) is 5.17. The van der Waals surface area contributed by atoms with Gasteiger partial charge in [0.25, 0.3) is 0 Å². The molecule has 0 aromatic heterocycles. The van der Waals surface area contributed by atoms with E-state index in [2.05, 4.69) is 10.2 Å². The fourth-order valence-corrected chi connectivity index (χ4v) is 4.20. The summed E-state index contributed by atoms with van der Waals surface area (Å²) < 4.78 is 0. The second kappa shape index (κ2) is 5.60. The van der Waals surface area contributed by atoms with Crippen LogP contribution in [0.15, 0.2) is 0 Å². The van der Waals surface area contributed by atoms with Gasteiger partial charge in [0, 0.05) is 19.1 Å². The molecule has 2 heterocycles. The highest BCUT2D eigenvalue weighted by atomic mass is 16.2. The van der Waals surface area contributed by atoms with Crippen LogP contribution >= 0.6 is 0 Å². The highest BCUT2D eigenvalue weighted by Crippen LogP contribution is 2.36. The molecule has 18 heavy (non-hydrogen) atoms. The first-order valence-corrected chi connectivity index (χ1v) is 7.87. The number of piperidine rings is 1. The van der Waals surface area contributed by atoms with E-state index in [4.69, 9.17) is 0 Å². The summed E-state index contributed by atoms with van der Waals surface area (Å²) in [6.45, 7) is 3.03. The van der Waals surface area contributed by atoms with Gasteiger partial charge in [0.1, 0.15) is 0 Å². The number of nitrogens with zero attached hydrogens (tertiary/aromatic N) is 1. The first kappa shape index (κ1) is 12.5. The number of carbonyl (C=O) groups is 1. The molecule has 0 spiro atoms. The Morgan fingerprint density at radius 1 is 1.00 bits per heavy atom. The Balaban J connectivity index is 1.63. The topological polar surface area (TPSA) is 32.3 Å². The van der Waals surface area contributed by atoms with Crippen molar-refractivity contribution in [1.29, 1.82) is 0 Å². The van der Waals surface area contributed by atoms with Gasteiger partial charge >= 0.3 is 0 Å². The third kappa shape index (κ3) is 2.42. The van der Waals surface area contributed by atoms with Crippen molar-refractivity contribution < 1.29 is 4.79 Å². The summed E-state index contributed by atoms with van der Waals surface area (Å²) in [6, 6.07) is 0.585. The van der Waals surface area contributed by atoms with Crippen molar-refractivity contribution in [2.75, 3.05) is 19.6 Å². The standard InChI is InChI=1S/C15H26N2O/c18-15(13-7-3-9-16-11-13)17-10-4-8-14(17)12-5-1-2-6-12/h12-14,16H,1-11H2/t13-,14?/m1/s1.